The van der Waals surface area contributed by atoms with E-state index in [9.17, 15) is 0 Å². The molecule has 4 rings (SSSR count). The minimum atomic E-state index is 0.420. The molecule has 2 fully saturated rings. The van der Waals surface area contributed by atoms with Gasteiger partial charge in [-0.1, -0.05) is 0 Å². The van der Waals surface area contributed by atoms with Gasteiger partial charge < -0.3 is 24.0 Å². The normalized spacial score (nSPS) is 16.6. The van der Waals surface area contributed by atoms with Crippen LogP contribution in [-0.4, -0.2) is 73.8 Å². The lowest BCUT2D eigenvalue weighted by molar-refractivity contribution is 0.122. The predicted octanol–water partition coefficient (Wildman–Crippen LogP) is 2.55. The zero-order valence-corrected chi connectivity index (χ0v) is 18.8. The van der Waals surface area contributed by atoms with Gasteiger partial charge in [-0.05, 0) is 38.8 Å². The van der Waals surface area contributed by atoms with Crippen molar-refractivity contribution in [2.45, 2.75) is 26.7 Å². The fourth-order valence-electron chi connectivity index (χ4n) is 3.69. The van der Waals surface area contributed by atoms with Crippen LogP contribution in [0.1, 0.15) is 32.3 Å². The number of hydrogen-bond donors (Lipinski definition) is 1. The van der Waals surface area contributed by atoms with E-state index in [1.54, 1.807) is 6.21 Å². The Morgan fingerprint density at radius 1 is 0.969 bits per heavy atom. The van der Waals surface area contributed by atoms with Crippen molar-refractivity contribution in [3.63, 3.8) is 0 Å². The van der Waals surface area contributed by atoms with Crippen LogP contribution in [-0.2, 0) is 4.74 Å². The Kier molecular flexibility index (Phi) is 7.55. The number of rotatable bonds is 9. The molecular formula is C22H31N7O3. The fourth-order valence-corrected chi connectivity index (χ4v) is 3.69. The Bertz CT molecular complexity index is 912. The summed E-state index contributed by atoms with van der Waals surface area (Å²) in [5, 5.41) is 4.37. The third kappa shape index (κ3) is 5.56. The van der Waals surface area contributed by atoms with Crippen molar-refractivity contribution in [3.8, 4) is 11.5 Å². The van der Waals surface area contributed by atoms with E-state index in [0.717, 1.165) is 50.3 Å². The number of ether oxygens (including phenoxy) is 3. The van der Waals surface area contributed by atoms with E-state index in [1.165, 1.54) is 0 Å². The fraction of sp³-hybridized carbons (Fsp3) is 0.545. The summed E-state index contributed by atoms with van der Waals surface area (Å²) in [4.78, 5) is 18.2. The molecule has 0 atom stereocenters. The number of hydrazone groups is 1. The van der Waals surface area contributed by atoms with E-state index >= 15 is 0 Å². The van der Waals surface area contributed by atoms with Crippen LogP contribution in [0.2, 0.25) is 0 Å². The van der Waals surface area contributed by atoms with E-state index in [4.69, 9.17) is 19.2 Å². The van der Waals surface area contributed by atoms with Crippen molar-refractivity contribution in [1.29, 1.82) is 0 Å². The first-order chi connectivity index (χ1) is 15.8. The lowest BCUT2D eigenvalue weighted by Crippen LogP contribution is -2.38. The Hall–Kier alpha value is -3.14. The van der Waals surface area contributed by atoms with Crippen molar-refractivity contribution in [3.05, 3.63) is 23.8 Å². The van der Waals surface area contributed by atoms with Crippen LogP contribution < -0.4 is 24.7 Å². The first kappa shape index (κ1) is 22.1. The molecule has 0 spiro atoms. The zero-order valence-electron chi connectivity index (χ0n) is 18.8. The lowest BCUT2D eigenvalue weighted by Gasteiger charge is -2.27. The quantitative estimate of drug-likeness (QED) is 0.465. The Morgan fingerprint density at radius 2 is 1.66 bits per heavy atom. The highest BCUT2D eigenvalue weighted by Crippen LogP contribution is 2.24. The highest BCUT2D eigenvalue weighted by atomic mass is 16.5. The van der Waals surface area contributed by atoms with Crippen LogP contribution in [0.5, 0.6) is 11.5 Å². The van der Waals surface area contributed by atoms with Gasteiger partial charge in [-0.15, -0.1) is 0 Å². The van der Waals surface area contributed by atoms with Crippen LogP contribution >= 0.6 is 0 Å². The topological polar surface area (TPSA) is 97.2 Å². The molecule has 172 valence electrons. The minimum Gasteiger partial charge on any atom is -0.494 e. The molecule has 1 aromatic carbocycles. The molecule has 2 aliphatic heterocycles. The number of nitrogens with zero attached hydrogens (tertiary/aromatic N) is 6. The maximum atomic E-state index is 5.75. The van der Waals surface area contributed by atoms with E-state index < -0.39 is 0 Å². The summed E-state index contributed by atoms with van der Waals surface area (Å²) in [6.07, 6.45) is 4.00. The molecule has 2 aliphatic rings. The Labute approximate surface area is 188 Å². The van der Waals surface area contributed by atoms with Gasteiger partial charge in [-0.3, -0.25) is 0 Å². The van der Waals surface area contributed by atoms with Gasteiger partial charge in [0.1, 0.15) is 11.5 Å². The molecule has 0 aliphatic carbocycles. The van der Waals surface area contributed by atoms with Crippen molar-refractivity contribution in [2.75, 3.05) is 67.8 Å². The van der Waals surface area contributed by atoms with Gasteiger partial charge in [0.2, 0.25) is 17.8 Å². The first-order valence-corrected chi connectivity index (χ1v) is 11.3. The molecule has 0 radical (unpaired) electrons. The summed E-state index contributed by atoms with van der Waals surface area (Å²) in [7, 11) is 0. The average Bonchev–Trinajstić information content (AvgIpc) is 3.36. The summed E-state index contributed by atoms with van der Waals surface area (Å²) >= 11 is 0. The second-order valence-corrected chi connectivity index (χ2v) is 7.49. The van der Waals surface area contributed by atoms with Gasteiger partial charge in [-0.25, -0.2) is 5.43 Å². The van der Waals surface area contributed by atoms with Gasteiger partial charge in [0.25, 0.3) is 0 Å². The molecule has 1 N–H and O–H groups in total. The number of anilines is 3. The van der Waals surface area contributed by atoms with Crippen LogP contribution in [0.15, 0.2) is 23.3 Å². The molecule has 2 aromatic rings. The molecule has 3 heterocycles. The van der Waals surface area contributed by atoms with Crippen LogP contribution in [0.4, 0.5) is 17.8 Å². The Balaban J connectivity index is 1.54. The number of nitrogens with one attached hydrogen (secondary N) is 1. The van der Waals surface area contributed by atoms with Crippen molar-refractivity contribution < 1.29 is 14.2 Å². The third-order valence-electron chi connectivity index (χ3n) is 5.26. The molecule has 10 heteroatoms. The SMILES string of the molecule is CCOc1ccc(C=NNc2nc(N3CCCC3)nc(N3CCOCC3)n2)c(OCC)c1. The van der Waals surface area contributed by atoms with Crippen LogP contribution in [0.3, 0.4) is 0 Å². The largest absolute Gasteiger partial charge is 0.494 e. The maximum absolute atomic E-state index is 5.75. The molecule has 0 unspecified atom stereocenters. The average molecular weight is 442 g/mol. The summed E-state index contributed by atoms with van der Waals surface area (Å²) in [6, 6.07) is 5.70. The maximum Gasteiger partial charge on any atom is 0.250 e. The molecule has 1 aromatic heterocycles. The minimum absolute atomic E-state index is 0.420. The second-order valence-electron chi connectivity index (χ2n) is 7.49. The van der Waals surface area contributed by atoms with E-state index in [0.29, 0.717) is 50.0 Å². The second kappa shape index (κ2) is 10.9. The van der Waals surface area contributed by atoms with E-state index in [2.05, 4.69) is 30.3 Å². The first-order valence-electron chi connectivity index (χ1n) is 11.3. The zero-order chi connectivity index (χ0) is 22.2. The van der Waals surface area contributed by atoms with Crippen molar-refractivity contribution >= 4 is 24.1 Å². The molecule has 0 saturated carbocycles. The number of hydrogen-bond acceptors (Lipinski definition) is 10. The predicted molar refractivity (Wildman–Crippen MR) is 124 cm³/mol. The molecule has 0 bridgehead atoms. The summed E-state index contributed by atoms with van der Waals surface area (Å²) in [5.74, 6) is 3.24. The monoisotopic (exact) mass is 441 g/mol. The third-order valence-corrected chi connectivity index (χ3v) is 5.26. The van der Waals surface area contributed by atoms with Gasteiger partial charge >= 0.3 is 0 Å². The highest BCUT2D eigenvalue weighted by Gasteiger charge is 2.21. The van der Waals surface area contributed by atoms with E-state index in [1.807, 2.05) is 32.0 Å². The molecule has 10 nitrogen and oxygen atoms in total. The standard InChI is InChI=1S/C22H31N7O3/c1-3-31-18-8-7-17(19(15-18)32-4-2)16-23-27-20-24-21(28-9-5-6-10-28)26-22(25-20)29-11-13-30-14-12-29/h7-8,15-16H,3-6,9-14H2,1-2H3,(H,24,25,26,27). The lowest BCUT2D eigenvalue weighted by atomic mass is 10.2. The van der Waals surface area contributed by atoms with Gasteiger partial charge in [0.15, 0.2) is 0 Å². The van der Waals surface area contributed by atoms with Crippen LogP contribution in [0, 0.1) is 0 Å². The molecule has 32 heavy (non-hydrogen) atoms. The van der Waals surface area contributed by atoms with Crippen LogP contribution in [0.25, 0.3) is 0 Å². The summed E-state index contributed by atoms with van der Waals surface area (Å²) in [6.45, 7) is 9.84. The van der Waals surface area contributed by atoms with Crippen molar-refractivity contribution in [2.24, 2.45) is 5.10 Å². The van der Waals surface area contributed by atoms with Gasteiger partial charge in [0.05, 0.1) is 32.6 Å². The molecule has 2 saturated heterocycles. The summed E-state index contributed by atoms with van der Waals surface area (Å²) in [5.41, 5.74) is 3.82. The smallest absolute Gasteiger partial charge is 0.250 e. The van der Waals surface area contributed by atoms with Crippen molar-refractivity contribution in [1.82, 2.24) is 15.0 Å². The molecular weight excluding hydrogens is 410 g/mol. The molecule has 0 amide bonds. The van der Waals surface area contributed by atoms with Gasteiger partial charge in [0, 0.05) is 37.8 Å². The van der Waals surface area contributed by atoms with E-state index in [-0.39, 0.29) is 0 Å². The number of morpholine rings is 1. The summed E-state index contributed by atoms with van der Waals surface area (Å²) < 4.78 is 16.8. The number of benzene rings is 1. The Morgan fingerprint density at radius 3 is 2.34 bits per heavy atom. The number of aromatic nitrogens is 3. The highest BCUT2D eigenvalue weighted by molar-refractivity contribution is 5.84. The van der Waals surface area contributed by atoms with Gasteiger partial charge in [-0.2, -0.15) is 20.1 Å².